The van der Waals surface area contributed by atoms with Crippen LogP contribution in [0.4, 0.5) is 11.4 Å². The molecule has 0 aliphatic rings. The van der Waals surface area contributed by atoms with Crippen LogP contribution >= 0.6 is 28.1 Å². The van der Waals surface area contributed by atoms with Gasteiger partial charge in [0.05, 0.1) is 11.1 Å². The lowest BCUT2D eigenvalue weighted by Gasteiger charge is -2.19. The lowest BCUT2D eigenvalue weighted by molar-refractivity contribution is 0.0976. The highest BCUT2D eigenvalue weighted by atomic mass is 79.9. The topological polar surface area (TPSA) is 79.5 Å². The number of thiocarbonyl (C=S) groups is 1. The van der Waals surface area contributed by atoms with E-state index in [0.717, 1.165) is 5.56 Å². The lowest BCUT2D eigenvalue weighted by Crippen LogP contribution is -2.34. The number of amides is 2. The minimum absolute atomic E-state index is 0.0201. The Hall–Kier alpha value is -3.23. The third-order valence-corrected chi connectivity index (χ3v) is 5.94. The van der Waals surface area contributed by atoms with Gasteiger partial charge >= 0.3 is 0 Å². The summed E-state index contributed by atoms with van der Waals surface area (Å²) in [6.45, 7) is 8.81. The molecule has 3 aromatic rings. The van der Waals surface area contributed by atoms with E-state index < -0.39 is 0 Å². The highest BCUT2D eigenvalue weighted by Crippen LogP contribution is 2.26. The van der Waals surface area contributed by atoms with E-state index in [2.05, 4.69) is 52.7 Å². The highest BCUT2D eigenvalue weighted by molar-refractivity contribution is 9.10. The van der Waals surface area contributed by atoms with Crippen molar-refractivity contribution in [3.05, 3.63) is 87.9 Å². The van der Waals surface area contributed by atoms with Crippen molar-refractivity contribution in [2.75, 3.05) is 17.2 Å². The first kappa shape index (κ1) is 26.4. The number of hydrogen-bond donors (Lipinski definition) is 3. The van der Waals surface area contributed by atoms with Crippen molar-refractivity contribution < 1.29 is 14.3 Å². The highest BCUT2D eigenvalue weighted by Gasteiger charge is 2.15. The van der Waals surface area contributed by atoms with E-state index in [4.69, 9.17) is 17.0 Å². The largest absolute Gasteiger partial charge is 0.493 e. The van der Waals surface area contributed by atoms with Gasteiger partial charge in [-0.2, -0.15) is 0 Å². The summed E-state index contributed by atoms with van der Waals surface area (Å²) in [6.07, 6.45) is 0. The fraction of sp³-hybridized carbons (Fsp3) is 0.222. The van der Waals surface area contributed by atoms with E-state index in [1.165, 1.54) is 0 Å². The zero-order valence-electron chi connectivity index (χ0n) is 20.1. The molecule has 0 saturated heterocycles. The molecule has 3 rings (SSSR count). The average molecular weight is 555 g/mol. The molecule has 3 N–H and O–H groups in total. The molecule has 182 valence electrons. The molecule has 6 nitrogen and oxygen atoms in total. The molecular formula is C27H28BrN3O3S. The molecule has 0 atom stereocenters. The molecule has 0 aliphatic heterocycles. The van der Waals surface area contributed by atoms with Gasteiger partial charge in [-0.05, 0) is 94.6 Å². The SMILES string of the molecule is CCOc1ccc(C(=O)NC(=S)Nc2cccc(NC(=O)c3ccc(C(C)(C)C)cc3)c2)cc1Br. The summed E-state index contributed by atoms with van der Waals surface area (Å²) in [7, 11) is 0. The second kappa shape index (κ2) is 11.5. The Morgan fingerprint density at radius 1 is 0.886 bits per heavy atom. The Kier molecular flexibility index (Phi) is 8.64. The van der Waals surface area contributed by atoms with E-state index in [0.29, 0.717) is 39.3 Å². The van der Waals surface area contributed by atoms with Crippen molar-refractivity contribution in [2.24, 2.45) is 0 Å². The van der Waals surface area contributed by atoms with Crippen LogP contribution in [0.15, 0.2) is 71.2 Å². The first-order chi connectivity index (χ1) is 16.6. The Morgan fingerprint density at radius 3 is 2.11 bits per heavy atom. The molecule has 8 heteroatoms. The van der Waals surface area contributed by atoms with Gasteiger partial charge in [0.25, 0.3) is 11.8 Å². The Labute approximate surface area is 219 Å². The number of hydrogen-bond acceptors (Lipinski definition) is 4. The molecule has 0 radical (unpaired) electrons. The number of ether oxygens (including phenoxy) is 1. The predicted octanol–water partition coefficient (Wildman–Crippen LogP) is 6.52. The van der Waals surface area contributed by atoms with E-state index >= 15 is 0 Å². The van der Waals surface area contributed by atoms with Gasteiger partial charge in [0.2, 0.25) is 0 Å². The van der Waals surface area contributed by atoms with Crippen LogP contribution in [0.3, 0.4) is 0 Å². The molecule has 0 aliphatic carbocycles. The quantitative estimate of drug-likeness (QED) is 0.302. The minimum Gasteiger partial charge on any atom is -0.493 e. The van der Waals surface area contributed by atoms with Crippen molar-refractivity contribution in [3.8, 4) is 5.75 Å². The molecule has 0 bridgehead atoms. The van der Waals surface area contributed by atoms with Crippen LogP contribution in [0.5, 0.6) is 5.75 Å². The monoisotopic (exact) mass is 553 g/mol. The van der Waals surface area contributed by atoms with Crippen LogP contribution < -0.4 is 20.7 Å². The van der Waals surface area contributed by atoms with E-state index in [9.17, 15) is 9.59 Å². The maximum Gasteiger partial charge on any atom is 0.257 e. The summed E-state index contributed by atoms with van der Waals surface area (Å²) in [5.41, 5.74) is 3.41. The molecule has 35 heavy (non-hydrogen) atoms. The molecule has 3 aromatic carbocycles. The molecule has 2 amide bonds. The number of halogens is 1. The number of carbonyl (C=O) groups excluding carboxylic acids is 2. The summed E-state index contributed by atoms with van der Waals surface area (Å²) in [4.78, 5) is 25.2. The third-order valence-electron chi connectivity index (χ3n) is 5.11. The van der Waals surface area contributed by atoms with Crippen LogP contribution in [-0.4, -0.2) is 23.5 Å². The Morgan fingerprint density at radius 2 is 1.51 bits per heavy atom. The van der Waals surface area contributed by atoms with Crippen LogP contribution in [0.2, 0.25) is 0 Å². The Bertz CT molecular complexity index is 1240. The third kappa shape index (κ3) is 7.37. The second-order valence-electron chi connectivity index (χ2n) is 8.85. The van der Waals surface area contributed by atoms with Gasteiger partial charge in [-0.15, -0.1) is 0 Å². The minimum atomic E-state index is -0.352. The standard InChI is InChI=1S/C27H28BrN3O3S/c1-5-34-23-14-11-18(15-22(23)28)25(33)31-26(35)30-21-8-6-7-20(16-21)29-24(32)17-9-12-19(13-10-17)27(2,3)4/h6-16H,5H2,1-4H3,(H,29,32)(H2,30,31,33,35). The van der Waals surface area contributed by atoms with Gasteiger partial charge < -0.3 is 15.4 Å². The van der Waals surface area contributed by atoms with E-state index in [1.54, 1.807) is 42.5 Å². The van der Waals surface area contributed by atoms with Crippen LogP contribution in [0, 0.1) is 0 Å². The molecule has 0 unspecified atom stereocenters. The summed E-state index contributed by atoms with van der Waals surface area (Å²) in [6, 6.07) is 19.7. The molecule has 0 heterocycles. The number of carbonyl (C=O) groups is 2. The van der Waals surface area contributed by atoms with Gasteiger partial charge in [0.1, 0.15) is 5.75 Å². The zero-order chi connectivity index (χ0) is 25.6. The number of benzene rings is 3. The van der Waals surface area contributed by atoms with Crippen molar-refractivity contribution in [1.29, 1.82) is 0 Å². The first-order valence-corrected chi connectivity index (χ1v) is 12.3. The lowest BCUT2D eigenvalue weighted by atomic mass is 9.87. The molecule has 0 aromatic heterocycles. The Balaban J connectivity index is 1.60. The van der Waals surface area contributed by atoms with Crippen molar-refractivity contribution in [3.63, 3.8) is 0 Å². The van der Waals surface area contributed by atoms with Crippen LogP contribution in [0.1, 0.15) is 54.0 Å². The summed E-state index contributed by atoms with van der Waals surface area (Å²) in [5, 5.41) is 8.67. The first-order valence-electron chi connectivity index (χ1n) is 11.1. The zero-order valence-corrected chi connectivity index (χ0v) is 22.5. The van der Waals surface area contributed by atoms with Gasteiger partial charge in [-0.1, -0.05) is 39.0 Å². The summed E-state index contributed by atoms with van der Waals surface area (Å²) >= 11 is 8.70. The van der Waals surface area contributed by atoms with Gasteiger partial charge in [-0.25, -0.2) is 0 Å². The number of rotatable bonds is 6. The van der Waals surface area contributed by atoms with E-state index in [1.807, 2.05) is 31.2 Å². The smallest absolute Gasteiger partial charge is 0.257 e. The fourth-order valence-corrected chi connectivity index (χ4v) is 3.96. The molecular weight excluding hydrogens is 526 g/mol. The maximum absolute atomic E-state index is 12.7. The summed E-state index contributed by atoms with van der Waals surface area (Å²) < 4.78 is 6.15. The van der Waals surface area contributed by atoms with Crippen molar-refractivity contribution in [2.45, 2.75) is 33.1 Å². The average Bonchev–Trinajstić information content (AvgIpc) is 2.80. The maximum atomic E-state index is 12.7. The second-order valence-corrected chi connectivity index (χ2v) is 10.1. The van der Waals surface area contributed by atoms with Crippen molar-refractivity contribution in [1.82, 2.24) is 5.32 Å². The molecule has 0 spiro atoms. The van der Waals surface area contributed by atoms with Gasteiger partial charge in [0.15, 0.2) is 5.11 Å². The van der Waals surface area contributed by atoms with Crippen molar-refractivity contribution >= 4 is 56.4 Å². The predicted molar refractivity (Wildman–Crippen MR) is 149 cm³/mol. The van der Waals surface area contributed by atoms with Crippen LogP contribution in [0.25, 0.3) is 0 Å². The normalized spacial score (nSPS) is 10.9. The van der Waals surface area contributed by atoms with Gasteiger partial charge in [0, 0.05) is 22.5 Å². The number of nitrogens with one attached hydrogen (secondary N) is 3. The van der Waals surface area contributed by atoms with E-state index in [-0.39, 0.29) is 22.3 Å². The number of anilines is 2. The fourth-order valence-electron chi connectivity index (χ4n) is 3.25. The summed E-state index contributed by atoms with van der Waals surface area (Å²) in [5.74, 6) is 0.0998. The van der Waals surface area contributed by atoms with Crippen LogP contribution in [-0.2, 0) is 5.41 Å². The molecule has 0 saturated carbocycles. The van der Waals surface area contributed by atoms with Gasteiger partial charge in [-0.3, -0.25) is 14.9 Å². The molecule has 0 fully saturated rings.